The van der Waals surface area contributed by atoms with Crippen LogP contribution in [0.3, 0.4) is 0 Å². The van der Waals surface area contributed by atoms with E-state index < -0.39 is 4.92 Å². The van der Waals surface area contributed by atoms with Crippen molar-refractivity contribution in [1.29, 1.82) is 0 Å². The van der Waals surface area contributed by atoms with Crippen molar-refractivity contribution in [2.24, 2.45) is 0 Å². The molecule has 11 heteroatoms. The van der Waals surface area contributed by atoms with Crippen LogP contribution in [0.15, 0.2) is 65.8 Å². The maximum Gasteiger partial charge on any atom is 0.269 e. The zero-order valence-electron chi connectivity index (χ0n) is 18.4. The van der Waals surface area contributed by atoms with Crippen molar-refractivity contribution in [3.05, 3.63) is 92.7 Å². The van der Waals surface area contributed by atoms with Crippen LogP contribution < -0.4 is 15.6 Å². The van der Waals surface area contributed by atoms with Crippen molar-refractivity contribution in [1.82, 2.24) is 24.6 Å². The number of ether oxygens (including phenoxy) is 1. The van der Waals surface area contributed by atoms with Gasteiger partial charge in [-0.3, -0.25) is 24.3 Å². The van der Waals surface area contributed by atoms with Gasteiger partial charge in [0.2, 0.25) is 0 Å². The fraction of sp³-hybridized carbons (Fsp3) is 0.217. The molecule has 4 aromatic rings. The number of rotatable bonds is 9. The van der Waals surface area contributed by atoms with Crippen LogP contribution in [0.1, 0.15) is 11.1 Å². The molecular weight excluding hydrogens is 440 g/mol. The van der Waals surface area contributed by atoms with Crippen molar-refractivity contribution in [2.75, 3.05) is 13.2 Å². The topological polar surface area (TPSA) is 134 Å². The van der Waals surface area contributed by atoms with Gasteiger partial charge >= 0.3 is 0 Å². The summed E-state index contributed by atoms with van der Waals surface area (Å²) in [5.74, 6) is 0.351. The van der Waals surface area contributed by atoms with Gasteiger partial charge in [-0.05, 0) is 30.2 Å². The fourth-order valence-electron chi connectivity index (χ4n) is 3.45. The number of nitrogens with zero attached hydrogens (tertiary/aromatic N) is 5. The van der Waals surface area contributed by atoms with E-state index in [0.717, 1.165) is 5.56 Å². The van der Waals surface area contributed by atoms with E-state index in [0.29, 0.717) is 28.9 Å². The molecule has 0 aliphatic carbocycles. The largest absolute Gasteiger partial charge is 0.484 e. The summed E-state index contributed by atoms with van der Waals surface area (Å²) in [5.41, 5.74) is 1.70. The molecule has 0 atom stereocenters. The highest BCUT2D eigenvalue weighted by Gasteiger charge is 2.12. The first-order chi connectivity index (χ1) is 16.4. The predicted molar refractivity (Wildman–Crippen MR) is 124 cm³/mol. The number of amides is 1. The third-order valence-electron chi connectivity index (χ3n) is 5.10. The Labute approximate surface area is 193 Å². The zero-order chi connectivity index (χ0) is 24.1. The van der Waals surface area contributed by atoms with Gasteiger partial charge in [0, 0.05) is 18.7 Å². The third-order valence-corrected chi connectivity index (χ3v) is 5.10. The Balaban J connectivity index is 1.36. The molecule has 4 rings (SSSR count). The van der Waals surface area contributed by atoms with Gasteiger partial charge in [-0.15, -0.1) is 0 Å². The van der Waals surface area contributed by atoms with Crippen LogP contribution in [0, 0.1) is 17.0 Å². The number of nitrogens with one attached hydrogen (secondary N) is 1. The van der Waals surface area contributed by atoms with Crippen molar-refractivity contribution in [2.45, 2.75) is 20.0 Å². The van der Waals surface area contributed by atoms with Crippen molar-refractivity contribution < 1.29 is 14.5 Å². The molecule has 174 valence electrons. The summed E-state index contributed by atoms with van der Waals surface area (Å²) in [6.45, 7) is 2.58. The second-order valence-corrected chi connectivity index (χ2v) is 7.66. The first kappa shape index (κ1) is 22.6. The predicted octanol–water partition coefficient (Wildman–Crippen LogP) is 2.05. The van der Waals surface area contributed by atoms with Crippen LogP contribution in [-0.4, -0.2) is 43.3 Å². The minimum Gasteiger partial charge on any atom is -0.484 e. The van der Waals surface area contributed by atoms with Gasteiger partial charge < -0.3 is 10.1 Å². The smallest absolute Gasteiger partial charge is 0.269 e. The zero-order valence-corrected chi connectivity index (χ0v) is 18.4. The second-order valence-electron chi connectivity index (χ2n) is 7.66. The van der Waals surface area contributed by atoms with Crippen LogP contribution in [0.5, 0.6) is 5.75 Å². The van der Waals surface area contributed by atoms with E-state index in [9.17, 15) is 19.7 Å². The Kier molecular flexibility index (Phi) is 6.62. The molecule has 0 aliphatic heterocycles. The molecule has 0 unspecified atom stereocenters. The highest BCUT2D eigenvalue weighted by Crippen LogP contribution is 2.14. The molecule has 0 radical (unpaired) electrons. The molecule has 11 nitrogen and oxygen atoms in total. The van der Waals surface area contributed by atoms with Crippen molar-refractivity contribution in [3.63, 3.8) is 0 Å². The Hall–Kier alpha value is -4.54. The quantitative estimate of drug-likeness (QED) is 0.297. The lowest BCUT2D eigenvalue weighted by Gasteiger charge is -2.09. The minimum absolute atomic E-state index is 0.0428. The molecule has 0 saturated carbocycles. The van der Waals surface area contributed by atoms with Crippen molar-refractivity contribution in [3.8, 4) is 5.75 Å². The van der Waals surface area contributed by atoms with Crippen molar-refractivity contribution >= 4 is 22.6 Å². The van der Waals surface area contributed by atoms with Gasteiger partial charge in [0.25, 0.3) is 17.2 Å². The molecule has 2 aromatic heterocycles. The number of nitro groups is 1. The van der Waals surface area contributed by atoms with Gasteiger partial charge in [-0.25, -0.2) is 9.67 Å². The third kappa shape index (κ3) is 5.26. The van der Waals surface area contributed by atoms with E-state index in [1.54, 1.807) is 18.2 Å². The summed E-state index contributed by atoms with van der Waals surface area (Å²) in [6.07, 6.45) is 2.81. The average Bonchev–Trinajstić information content (AvgIpc) is 3.23. The Morgan fingerprint density at radius 1 is 1.21 bits per heavy atom. The Morgan fingerprint density at radius 3 is 2.82 bits per heavy atom. The monoisotopic (exact) mass is 462 g/mol. The SMILES string of the molecule is Cc1cccc(OCC(=O)NCCn2ncc3c(=O)n(Cc4cccc([N+](=O)[O-])c4)cnc32)c1. The molecule has 2 heterocycles. The Bertz CT molecular complexity index is 1410. The lowest BCUT2D eigenvalue weighted by atomic mass is 10.2. The first-order valence-electron chi connectivity index (χ1n) is 10.5. The van der Waals surface area contributed by atoms with E-state index in [-0.39, 0.29) is 36.9 Å². The number of aryl methyl sites for hydroxylation is 1. The average molecular weight is 462 g/mol. The second kappa shape index (κ2) is 9.94. The molecular formula is C23H22N6O5. The van der Waals surface area contributed by atoms with E-state index in [1.165, 1.54) is 33.9 Å². The summed E-state index contributed by atoms with van der Waals surface area (Å²) >= 11 is 0. The van der Waals surface area contributed by atoms with Gasteiger partial charge in [0.1, 0.15) is 17.5 Å². The fourth-order valence-corrected chi connectivity index (χ4v) is 3.45. The number of carbonyl (C=O) groups excluding carboxylic acids is 1. The number of hydrogen-bond acceptors (Lipinski definition) is 7. The summed E-state index contributed by atoms with van der Waals surface area (Å²) in [7, 11) is 0. The van der Waals surface area contributed by atoms with Gasteiger partial charge in [0.15, 0.2) is 12.3 Å². The molecule has 0 saturated heterocycles. The molecule has 1 N–H and O–H groups in total. The number of non-ortho nitro benzene ring substituents is 1. The molecule has 0 fully saturated rings. The molecule has 0 aliphatic rings. The van der Waals surface area contributed by atoms with Gasteiger partial charge in [-0.2, -0.15) is 5.10 Å². The van der Waals surface area contributed by atoms with Crippen LogP contribution in [0.2, 0.25) is 0 Å². The number of fused-ring (bicyclic) bond motifs is 1. The van der Waals surface area contributed by atoms with Crippen LogP contribution in [0.25, 0.3) is 11.0 Å². The number of nitro benzene ring substituents is 1. The lowest BCUT2D eigenvalue weighted by molar-refractivity contribution is -0.384. The number of benzene rings is 2. The number of aromatic nitrogens is 4. The maximum atomic E-state index is 12.8. The first-order valence-corrected chi connectivity index (χ1v) is 10.5. The van der Waals surface area contributed by atoms with E-state index >= 15 is 0 Å². The van der Waals surface area contributed by atoms with Crippen LogP contribution in [-0.2, 0) is 17.9 Å². The lowest BCUT2D eigenvalue weighted by Crippen LogP contribution is -2.31. The summed E-state index contributed by atoms with van der Waals surface area (Å²) < 4.78 is 8.39. The molecule has 1 amide bonds. The summed E-state index contributed by atoms with van der Waals surface area (Å²) in [6, 6.07) is 13.5. The van der Waals surface area contributed by atoms with E-state index in [1.807, 2.05) is 25.1 Å². The minimum atomic E-state index is -0.481. The van der Waals surface area contributed by atoms with Crippen LogP contribution in [0.4, 0.5) is 5.69 Å². The highest BCUT2D eigenvalue weighted by atomic mass is 16.6. The number of carbonyl (C=O) groups is 1. The molecule has 2 aromatic carbocycles. The molecule has 34 heavy (non-hydrogen) atoms. The molecule has 0 spiro atoms. The maximum absolute atomic E-state index is 12.8. The highest BCUT2D eigenvalue weighted by molar-refractivity contribution is 5.77. The standard InChI is InChI=1S/C23H22N6O5/c1-16-4-2-7-19(10-16)34-14-21(30)24-8-9-28-22-20(12-26-28)23(31)27(15-25-22)13-17-5-3-6-18(11-17)29(32)33/h2-7,10-12,15H,8-9,13-14H2,1H3,(H,24,30). The van der Waals surface area contributed by atoms with Gasteiger partial charge in [0.05, 0.1) is 24.2 Å². The van der Waals surface area contributed by atoms with E-state index in [4.69, 9.17) is 4.74 Å². The summed E-state index contributed by atoms with van der Waals surface area (Å²) in [4.78, 5) is 39.7. The van der Waals surface area contributed by atoms with E-state index in [2.05, 4.69) is 15.4 Å². The van der Waals surface area contributed by atoms with Crippen LogP contribution >= 0.6 is 0 Å². The summed E-state index contributed by atoms with van der Waals surface area (Å²) in [5, 5.41) is 18.3. The normalized spacial score (nSPS) is 10.9. The number of hydrogen-bond donors (Lipinski definition) is 1. The van der Waals surface area contributed by atoms with Gasteiger partial charge in [-0.1, -0.05) is 24.3 Å². The molecule has 0 bridgehead atoms. The Morgan fingerprint density at radius 2 is 2.03 bits per heavy atom.